The zero-order valence-corrected chi connectivity index (χ0v) is 18.5. The highest BCUT2D eigenvalue weighted by Gasteiger charge is 2.19. The van der Waals surface area contributed by atoms with Gasteiger partial charge < -0.3 is 15.7 Å². The fraction of sp³-hybridized carbons (Fsp3) is 0.167. The van der Waals surface area contributed by atoms with Gasteiger partial charge in [-0.25, -0.2) is 9.78 Å². The summed E-state index contributed by atoms with van der Waals surface area (Å²) >= 11 is 5.81. The van der Waals surface area contributed by atoms with Gasteiger partial charge in [-0.05, 0) is 53.4 Å². The number of rotatable bonds is 5. The van der Waals surface area contributed by atoms with E-state index in [0.717, 1.165) is 5.56 Å². The van der Waals surface area contributed by atoms with E-state index in [1.54, 1.807) is 18.2 Å². The number of nitrogens with one attached hydrogen (secondary N) is 2. The van der Waals surface area contributed by atoms with E-state index in [0.29, 0.717) is 10.6 Å². The van der Waals surface area contributed by atoms with E-state index in [1.165, 1.54) is 30.5 Å². The lowest BCUT2D eigenvalue weighted by molar-refractivity contribution is 0.0696. The van der Waals surface area contributed by atoms with Gasteiger partial charge in [-0.15, -0.1) is 0 Å². The van der Waals surface area contributed by atoms with Crippen LogP contribution in [0.5, 0.6) is 0 Å². The van der Waals surface area contributed by atoms with E-state index in [1.807, 2.05) is 12.1 Å². The van der Waals surface area contributed by atoms with Crippen molar-refractivity contribution in [2.24, 2.45) is 0 Å². The Bertz CT molecular complexity index is 1170. The lowest BCUT2D eigenvalue weighted by atomic mass is 9.86. The first-order valence-electron chi connectivity index (χ1n) is 9.77. The molecule has 0 bridgehead atoms. The second-order valence-electron chi connectivity index (χ2n) is 8.16. The summed E-state index contributed by atoms with van der Waals surface area (Å²) in [5, 5.41) is 15.0. The first-order chi connectivity index (χ1) is 15.0. The maximum absolute atomic E-state index is 12.8. The number of anilines is 2. The van der Waals surface area contributed by atoms with Crippen LogP contribution in [0.2, 0.25) is 5.02 Å². The quantitative estimate of drug-likeness (QED) is 0.491. The number of hydrogen-bond donors (Lipinski definition) is 3. The van der Waals surface area contributed by atoms with Crippen molar-refractivity contribution >= 4 is 40.9 Å². The number of carboxylic acid groups (broad SMARTS) is 1. The predicted octanol–water partition coefficient (Wildman–Crippen LogP) is 5.24. The lowest BCUT2D eigenvalue weighted by Crippen LogP contribution is -2.19. The highest BCUT2D eigenvalue weighted by Crippen LogP contribution is 2.24. The minimum absolute atomic E-state index is 0.0637. The van der Waals surface area contributed by atoms with E-state index in [4.69, 9.17) is 11.6 Å². The van der Waals surface area contributed by atoms with Gasteiger partial charge >= 0.3 is 5.97 Å². The van der Waals surface area contributed by atoms with Gasteiger partial charge in [-0.1, -0.05) is 44.5 Å². The standard InChI is InChI=1S/C24H22ClN3O4/c1-24(2,3)16-7-4-14(5-8-16)21(29)27-19-12-15(23(31)32)6-10-18(19)22(30)28-20-11-9-17(25)13-26-20/h4-13H,1-3H3,(H,27,29)(H,31,32)(H,26,28,30). The van der Waals surface area contributed by atoms with Gasteiger partial charge in [0, 0.05) is 11.8 Å². The van der Waals surface area contributed by atoms with Crippen LogP contribution in [0.25, 0.3) is 0 Å². The average molecular weight is 452 g/mol. The first kappa shape index (κ1) is 23.0. The van der Waals surface area contributed by atoms with E-state index in [9.17, 15) is 19.5 Å². The smallest absolute Gasteiger partial charge is 0.335 e. The molecule has 8 heteroatoms. The molecule has 0 radical (unpaired) electrons. The molecule has 0 atom stereocenters. The molecule has 0 aliphatic rings. The third-order valence-electron chi connectivity index (χ3n) is 4.74. The van der Waals surface area contributed by atoms with Crippen molar-refractivity contribution in [1.29, 1.82) is 0 Å². The number of carbonyl (C=O) groups excluding carboxylic acids is 2. The second-order valence-corrected chi connectivity index (χ2v) is 8.60. The molecular formula is C24H22ClN3O4. The second kappa shape index (κ2) is 9.20. The molecule has 0 aliphatic heterocycles. The largest absolute Gasteiger partial charge is 0.478 e. The molecule has 0 unspecified atom stereocenters. The Morgan fingerprint density at radius 3 is 2.09 bits per heavy atom. The normalized spacial score (nSPS) is 11.0. The molecular weight excluding hydrogens is 430 g/mol. The molecule has 0 fully saturated rings. The third kappa shape index (κ3) is 5.50. The summed E-state index contributed by atoms with van der Waals surface area (Å²) in [5.41, 5.74) is 1.48. The lowest BCUT2D eigenvalue weighted by Gasteiger charge is -2.19. The highest BCUT2D eigenvalue weighted by atomic mass is 35.5. The number of pyridine rings is 1. The van der Waals surface area contributed by atoms with Gasteiger partial charge in [-0.2, -0.15) is 0 Å². The Kier molecular flexibility index (Phi) is 6.60. The van der Waals surface area contributed by atoms with Crippen LogP contribution < -0.4 is 10.6 Å². The molecule has 1 heterocycles. The molecule has 3 aromatic rings. The number of carboxylic acids is 1. The fourth-order valence-electron chi connectivity index (χ4n) is 2.93. The molecule has 0 saturated heterocycles. The van der Waals surface area contributed by atoms with Crippen LogP contribution in [0, 0.1) is 0 Å². The maximum atomic E-state index is 12.8. The highest BCUT2D eigenvalue weighted by molar-refractivity contribution is 6.30. The minimum atomic E-state index is -1.18. The summed E-state index contributed by atoms with van der Waals surface area (Å²) in [6.07, 6.45) is 1.38. The molecule has 3 N–H and O–H groups in total. The SMILES string of the molecule is CC(C)(C)c1ccc(C(=O)Nc2cc(C(=O)O)ccc2C(=O)Nc2ccc(Cl)cn2)cc1. The summed E-state index contributed by atoms with van der Waals surface area (Å²) in [7, 11) is 0. The Hall–Kier alpha value is -3.71. The number of amides is 2. The van der Waals surface area contributed by atoms with E-state index < -0.39 is 17.8 Å². The monoisotopic (exact) mass is 451 g/mol. The number of hydrogen-bond acceptors (Lipinski definition) is 4. The van der Waals surface area contributed by atoms with Gasteiger partial charge in [0.15, 0.2) is 0 Å². The number of aromatic carboxylic acids is 1. The van der Waals surface area contributed by atoms with Gasteiger partial charge in [0.1, 0.15) is 5.82 Å². The van der Waals surface area contributed by atoms with Crippen molar-refractivity contribution in [3.8, 4) is 0 Å². The van der Waals surface area contributed by atoms with E-state index >= 15 is 0 Å². The van der Waals surface area contributed by atoms with Crippen LogP contribution in [0.3, 0.4) is 0 Å². The molecule has 1 aromatic heterocycles. The van der Waals surface area contributed by atoms with Crippen LogP contribution in [0.15, 0.2) is 60.8 Å². The number of aromatic nitrogens is 1. The summed E-state index contributed by atoms with van der Waals surface area (Å²) in [5.74, 6) is -1.94. The number of carbonyl (C=O) groups is 3. The Labute approximate surface area is 190 Å². The van der Waals surface area contributed by atoms with Crippen LogP contribution in [0.4, 0.5) is 11.5 Å². The Morgan fingerprint density at radius 1 is 0.875 bits per heavy atom. The number of halogens is 1. The molecule has 3 rings (SSSR count). The van der Waals surface area contributed by atoms with E-state index in [-0.39, 0.29) is 28.0 Å². The molecule has 2 aromatic carbocycles. The zero-order chi connectivity index (χ0) is 23.5. The zero-order valence-electron chi connectivity index (χ0n) is 17.8. The fourth-order valence-corrected chi connectivity index (χ4v) is 3.04. The van der Waals surface area contributed by atoms with Gasteiger partial charge in [0.25, 0.3) is 11.8 Å². The molecule has 0 spiro atoms. The van der Waals surface area contributed by atoms with Gasteiger partial charge in [-0.3, -0.25) is 9.59 Å². The summed E-state index contributed by atoms with van der Waals surface area (Å²) in [6.45, 7) is 6.21. The Morgan fingerprint density at radius 2 is 1.53 bits per heavy atom. The third-order valence-corrected chi connectivity index (χ3v) is 4.97. The first-order valence-corrected chi connectivity index (χ1v) is 10.1. The van der Waals surface area contributed by atoms with Crippen LogP contribution in [0.1, 0.15) is 57.4 Å². The predicted molar refractivity (Wildman–Crippen MR) is 124 cm³/mol. The molecule has 7 nitrogen and oxygen atoms in total. The maximum Gasteiger partial charge on any atom is 0.335 e. The molecule has 2 amide bonds. The Balaban J connectivity index is 1.88. The van der Waals surface area contributed by atoms with Crippen LogP contribution in [-0.2, 0) is 5.41 Å². The number of nitrogens with zero attached hydrogens (tertiary/aromatic N) is 1. The van der Waals surface area contributed by atoms with Crippen molar-refractivity contribution in [1.82, 2.24) is 4.98 Å². The van der Waals surface area contributed by atoms with Gasteiger partial charge in [0.2, 0.25) is 0 Å². The molecule has 0 saturated carbocycles. The van der Waals surface area contributed by atoms with E-state index in [2.05, 4.69) is 36.4 Å². The van der Waals surface area contributed by atoms with Crippen molar-refractivity contribution in [2.75, 3.05) is 10.6 Å². The molecule has 32 heavy (non-hydrogen) atoms. The van der Waals surface area contributed by atoms with Gasteiger partial charge in [0.05, 0.1) is 21.8 Å². The molecule has 0 aliphatic carbocycles. The summed E-state index contributed by atoms with van der Waals surface area (Å²) in [4.78, 5) is 41.0. The minimum Gasteiger partial charge on any atom is -0.478 e. The molecule has 164 valence electrons. The van der Waals surface area contributed by atoms with Crippen molar-refractivity contribution in [3.05, 3.63) is 88.1 Å². The van der Waals surface area contributed by atoms with Crippen molar-refractivity contribution in [3.63, 3.8) is 0 Å². The van der Waals surface area contributed by atoms with Crippen LogP contribution >= 0.6 is 11.6 Å². The summed E-state index contributed by atoms with van der Waals surface area (Å²) in [6, 6.07) is 14.1. The van der Waals surface area contributed by atoms with Crippen LogP contribution in [-0.4, -0.2) is 27.9 Å². The number of benzene rings is 2. The van der Waals surface area contributed by atoms with Crippen molar-refractivity contribution in [2.45, 2.75) is 26.2 Å². The van der Waals surface area contributed by atoms with Crippen molar-refractivity contribution < 1.29 is 19.5 Å². The average Bonchev–Trinajstić information content (AvgIpc) is 2.74. The topological polar surface area (TPSA) is 108 Å². The summed E-state index contributed by atoms with van der Waals surface area (Å²) < 4.78 is 0.